The lowest BCUT2D eigenvalue weighted by Crippen LogP contribution is -2.30. The standard InChI is InChI=1S/C14H21ClN2O3/c1-5-16-9(2)6-14(18)17-11-7-10(15)12(19-3)8-13(11)20-4/h7-9,16H,5-6H2,1-4H3,(H,17,18). The lowest BCUT2D eigenvalue weighted by Gasteiger charge is -2.15. The summed E-state index contributed by atoms with van der Waals surface area (Å²) >= 11 is 6.05. The molecule has 5 nitrogen and oxygen atoms in total. The fraction of sp³-hybridized carbons (Fsp3) is 0.500. The van der Waals surface area contributed by atoms with Crippen LogP contribution in [0, 0.1) is 0 Å². The third kappa shape index (κ3) is 4.58. The minimum absolute atomic E-state index is 0.0991. The predicted molar refractivity (Wildman–Crippen MR) is 80.9 cm³/mol. The summed E-state index contributed by atoms with van der Waals surface area (Å²) in [5.74, 6) is 0.913. The highest BCUT2D eigenvalue weighted by molar-refractivity contribution is 6.32. The number of hydrogen-bond acceptors (Lipinski definition) is 4. The molecule has 1 amide bonds. The van der Waals surface area contributed by atoms with Crippen LogP contribution in [0.15, 0.2) is 12.1 Å². The Morgan fingerprint density at radius 3 is 2.50 bits per heavy atom. The highest BCUT2D eigenvalue weighted by atomic mass is 35.5. The number of benzene rings is 1. The monoisotopic (exact) mass is 300 g/mol. The van der Waals surface area contributed by atoms with Gasteiger partial charge in [-0.05, 0) is 19.5 Å². The van der Waals surface area contributed by atoms with Gasteiger partial charge >= 0.3 is 0 Å². The highest BCUT2D eigenvalue weighted by Crippen LogP contribution is 2.35. The molecule has 0 bridgehead atoms. The first-order valence-corrected chi connectivity index (χ1v) is 6.84. The van der Waals surface area contributed by atoms with Crippen molar-refractivity contribution in [3.63, 3.8) is 0 Å². The number of nitrogens with one attached hydrogen (secondary N) is 2. The zero-order chi connectivity index (χ0) is 15.1. The number of halogens is 1. The molecule has 0 radical (unpaired) electrons. The quantitative estimate of drug-likeness (QED) is 0.813. The first-order chi connectivity index (χ1) is 9.51. The zero-order valence-electron chi connectivity index (χ0n) is 12.2. The molecule has 1 rings (SSSR count). The lowest BCUT2D eigenvalue weighted by atomic mass is 10.2. The smallest absolute Gasteiger partial charge is 0.226 e. The molecule has 0 saturated carbocycles. The first-order valence-electron chi connectivity index (χ1n) is 6.46. The molecule has 20 heavy (non-hydrogen) atoms. The van der Waals surface area contributed by atoms with Gasteiger partial charge in [-0.25, -0.2) is 0 Å². The molecule has 0 aliphatic heterocycles. The second kappa shape index (κ2) is 7.97. The highest BCUT2D eigenvalue weighted by Gasteiger charge is 2.14. The molecule has 1 aromatic carbocycles. The summed E-state index contributed by atoms with van der Waals surface area (Å²) in [7, 11) is 3.05. The maximum Gasteiger partial charge on any atom is 0.226 e. The van der Waals surface area contributed by atoms with Crippen LogP contribution in [0.5, 0.6) is 11.5 Å². The number of hydrogen-bond donors (Lipinski definition) is 2. The van der Waals surface area contributed by atoms with E-state index in [-0.39, 0.29) is 11.9 Å². The minimum Gasteiger partial charge on any atom is -0.495 e. The van der Waals surface area contributed by atoms with E-state index in [4.69, 9.17) is 21.1 Å². The van der Waals surface area contributed by atoms with Gasteiger partial charge in [0.25, 0.3) is 0 Å². The summed E-state index contributed by atoms with van der Waals surface area (Å²) in [4.78, 5) is 12.0. The van der Waals surface area contributed by atoms with E-state index < -0.39 is 0 Å². The molecule has 0 fully saturated rings. The minimum atomic E-state index is -0.0991. The molecule has 1 unspecified atom stereocenters. The number of anilines is 1. The number of carbonyl (C=O) groups excluding carboxylic acids is 1. The number of methoxy groups -OCH3 is 2. The van der Waals surface area contributed by atoms with Gasteiger partial charge in [0.2, 0.25) is 5.91 Å². The summed E-state index contributed by atoms with van der Waals surface area (Å²) in [6.45, 7) is 4.79. The Hall–Kier alpha value is -1.46. The maximum atomic E-state index is 12.0. The van der Waals surface area contributed by atoms with E-state index in [1.54, 1.807) is 12.1 Å². The second-order valence-electron chi connectivity index (χ2n) is 4.40. The predicted octanol–water partition coefficient (Wildman–Crippen LogP) is 2.68. The van der Waals surface area contributed by atoms with Crippen molar-refractivity contribution in [2.75, 3.05) is 26.1 Å². The number of amides is 1. The van der Waals surface area contributed by atoms with Crippen molar-refractivity contribution in [3.05, 3.63) is 17.2 Å². The van der Waals surface area contributed by atoms with Crippen molar-refractivity contribution in [2.45, 2.75) is 26.3 Å². The Balaban J connectivity index is 2.81. The molecule has 1 atom stereocenters. The van der Waals surface area contributed by atoms with E-state index in [0.717, 1.165) is 6.54 Å². The normalized spacial score (nSPS) is 11.8. The molecule has 0 aliphatic rings. The second-order valence-corrected chi connectivity index (χ2v) is 4.81. The Bertz CT molecular complexity index is 466. The Labute approximate surface area is 124 Å². The number of ether oxygens (including phenoxy) is 2. The van der Waals surface area contributed by atoms with Crippen LogP contribution in [0.4, 0.5) is 5.69 Å². The summed E-state index contributed by atoms with van der Waals surface area (Å²) in [6, 6.07) is 3.38. The van der Waals surface area contributed by atoms with Gasteiger partial charge in [-0.3, -0.25) is 4.79 Å². The van der Waals surface area contributed by atoms with E-state index in [0.29, 0.717) is 28.6 Å². The van der Waals surface area contributed by atoms with Crippen molar-refractivity contribution in [1.82, 2.24) is 5.32 Å². The van der Waals surface area contributed by atoms with Crippen LogP contribution in [0.3, 0.4) is 0 Å². The van der Waals surface area contributed by atoms with Gasteiger partial charge in [0.1, 0.15) is 11.5 Å². The van der Waals surface area contributed by atoms with Crippen LogP contribution >= 0.6 is 11.6 Å². The summed E-state index contributed by atoms with van der Waals surface area (Å²) in [6.07, 6.45) is 0.376. The molecule has 0 aromatic heterocycles. The third-order valence-electron chi connectivity index (χ3n) is 2.79. The largest absolute Gasteiger partial charge is 0.495 e. The SMILES string of the molecule is CCNC(C)CC(=O)Nc1cc(Cl)c(OC)cc1OC. The van der Waals surface area contributed by atoms with E-state index in [2.05, 4.69) is 10.6 Å². The van der Waals surface area contributed by atoms with Gasteiger partial charge in [-0.2, -0.15) is 0 Å². The van der Waals surface area contributed by atoms with Crippen molar-refractivity contribution in [1.29, 1.82) is 0 Å². The lowest BCUT2D eigenvalue weighted by molar-refractivity contribution is -0.116. The first kappa shape index (κ1) is 16.6. The van der Waals surface area contributed by atoms with Crippen LogP contribution < -0.4 is 20.1 Å². The Morgan fingerprint density at radius 2 is 1.95 bits per heavy atom. The molecule has 0 saturated heterocycles. The van der Waals surface area contributed by atoms with E-state index in [1.165, 1.54) is 14.2 Å². The van der Waals surface area contributed by atoms with E-state index in [1.807, 2.05) is 13.8 Å². The zero-order valence-corrected chi connectivity index (χ0v) is 13.0. The fourth-order valence-electron chi connectivity index (χ4n) is 1.86. The van der Waals surface area contributed by atoms with Crippen molar-refractivity contribution in [3.8, 4) is 11.5 Å². The van der Waals surface area contributed by atoms with Crippen LogP contribution in [-0.2, 0) is 4.79 Å². The van der Waals surface area contributed by atoms with Gasteiger partial charge in [0, 0.05) is 18.5 Å². The van der Waals surface area contributed by atoms with E-state index in [9.17, 15) is 4.79 Å². The molecule has 0 spiro atoms. The molecule has 0 heterocycles. The molecular formula is C14H21ClN2O3. The van der Waals surface area contributed by atoms with Crippen LogP contribution in [-0.4, -0.2) is 32.7 Å². The van der Waals surface area contributed by atoms with E-state index >= 15 is 0 Å². The topological polar surface area (TPSA) is 59.6 Å². The number of rotatable bonds is 7. The fourth-order valence-corrected chi connectivity index (χ4v) is 2.10. The van der Waals surface area contributed by atoms with Crippen LogP contribution in [0.1, 0.15) is 20.3 Å². The molecular weight excluding hydrogens is 280 g/mol. The van der Waals surface area contributed by atoms with Crippen LogP contribution in [0.2, 0.25) is 5.02 Å². The molecule has 2 N–H and O–H groups in total. The van der Waals surface area contributed by atoms with Gasteiger partial charge in [0.15, 0.2) is 0 Å². The van der Waals surface area contributed by atoms with Crippen molar-refractivity contribution >= 4 is 23.2 Å². The molecule has 6 heteroatoms. The third-order valence-corrected chi connectivity index (χ3v) is 3.09. The van der Waals surface area contributed by atoms with Crippen molar-refractivity contribution in [2.24, 2.45) is 0 Å². The molecule has 1 aromatic rings. The van der Waals surface area contributed by atoms with Gasteiger partial charge in [-0.15, -0.1) is 0 Å². The van der Waals surface area contributed by atoms with Crippen molar-refractivity contribution < 1.29 is 14.3 Å². The summed E-state index contributed by atoms with van der Waals surface area (Å²) in [5.41, 5.74) is 0.534. The summed E-state index contributed by atoms with van der Waals surface area (Å²) in [5, 5.41) is 6.40. The van der Waals surface area contributed by atoms with Gasteiger partial charge in [-0.1, -0.05) is 18.5 Å². The average molecular weight is 301 g/mol. The Kier molecular flexibility index (Phi) is 6.61. The van der Waals surface area contributed by atoms with Gasteiger partial charge < -0.3 is 20.1 Å². The summed E-state index contributed by atoms with van der Waals surface area (Å²) < 4.78 is 10.3. The van der Waals surface area contributed by atoms with Crippen LogP contribution in [0.25, 0.3) is 0 Å². The average Bonchev–Trinajstić information content (AvgIpc) is 2.39. The molecule has 112 valence electrons. The number of carbonyl (C=O) groups is 1. The maximum absolute atomic E-state index is 12.0. The molecule has 0 aliphatic carbocycles. The Morgan fingerprint density at radius 1 is 1.30 bits per heavy atom. The van der Waals surface area contributed by atoms with Gasteiger partial charge in [0.05, 0.1) is 24.9 Å².